The highest BCUT2D eigenvalue weighted by Gasteiger charge is 2.45. The molecule has 21 nitrogen and oxygen atoms in total. The van der Waals surface area contributed by atoms with Crippen molar-refractivity contribution in [3.8, 4) is 0 Å². The third-order valence-electron chi connectivity index (χ3n) is 15.3. The molecule has 8 aromatic rings. The first kappa shape index (κ1) is 79.1. The Morgan fingerprint density at radius 2 is 0.808 bits per heavy atom. The fraction of sp³-hybridized carbons (Fsp3) is 0.324. The Morgan fingerprint density at radius 1 is 0.455 bits per heavy atom. The van der Waals surface area contributed by atoms with Gasteiger partial charge in [-0.1, -0.05) is 93.0 Å². The van der Waals surface area contributed by atoms with Gasteiger partial charge in [-0.3, -0.25) is 43.7 Å². The van der Waals surface area contributed by atoms with E-state index in [4.69, 9.17) is 46.1 Å². The molecule has 0 spiro atoms. The van der Waals surface area contributed by atoms with Gasteiger partial charge in [0.05, 0.1) is 72.6 Å². The number of carboxylic acids is 1. The maximum Gasteiger partial charge on any atom is 0.318 e. The number of carboxylic acid groups (broad SMARTS) is 1. The highest BCUT2D eigenvalue weighted by Crippen LogP contribution is 2.38. The lowest BCUT2D eigenvalue weighted by molar-refractivity contribution is -0.154. The first-order valence-electron chi connectivity index (χ1n) is 31.3. The Kier molecular flexibility index (Phi) is 31.6. The van der Waals surface area contributed by atoms with E-state index in [1.165, 1.54) is 37.2 Å². The van der Waals surface area contributed by atoms with Crippen LogP contribution in [-0.4, -0.2) is 90.6 Å². The number of benzene rings is 5. The van der Waals surface area contributed by atoms with Crippen molar-refractivity contribution in [3.05, 3.63) is 221 Å². The molecule has 8 rings (SSSR count). The van der Waals surface area contributed by atoms with Gasteiger partial charge in [0.25, 0.3) is 0 Å². The van der Waals surface area contributed by atoms with Crippen molar-refractivity contribution in [1.29, 1.82) is 0 Å². The zero-order valence-electron chi connectivity index (χ0n) is 55.2. The molecule has 0 aliphatic carbocycles. The summed E-state index contributed by atoms with van der Waals surface area (Å²) < 4.78 is 106. The molecule has 3 atom stereocenters. The van der Waals surface area contributed by atoms with Gasteiger partial charge < -0.3 is 45.2 Å². The van der Waals surface area contributed by atoms with Gasteiger partial charge in [0.15, 0.2) is 0 Å². The van der Waals surface area contributed by atoms with Gasteiger partial charge in [0.1, 0.15) is 81.2 Å². The summed E-state index contributed by atoms with van der Waals surface area (Å²) >= 11 is 5.95. The van der Waals surface area contributed by atoms with Crippen molar-refractivity contribution in [3.63, 3.8) is 0 Å². The number of nitrogens with one attached hydrogen (secondary N) is 2. The van der Waals surface area contributed by atoms with Gasteiger partial charge in [-0.2, -0.15) is 0 Å². The lowest BCUT2D eigenvalue weighted by atomic mass is 9.77. The third-order valence-corrected chi connectivity index (χ3v) is 15.4. The SMILES string of the molecule is CCOC(=O)C(CC)(CCC(=O)O)c1cncc(Nc2cc(F)ccc2F)n1.CCOC(=O)C(CC)(CCC(=O)OCc1ccccc1)c1cncc(Cl)n1.CCOC(=O)C(CC)(CCC(=O)OCc1ccccc1)c1cncc(Nc2cc(F)ccc2F)n1.Nc1cc(F)ccc1F. The molecule has 99 heavy (non-hydrogen) atoms. The monoisotopic (exact) mass is 1400 g/mol. The summed E-state index contributed by atoms with van der Waals surface area (Å²) in [6.45, 7) is 11.2. The van der Waals surface area contributed by atoms with Crippen LogP contribution < -0.4 is 16.4 Å². The number of nitrogens with zero attached hydrogens (tertiary/aromatic N) is 6. The topological polar surface area (TPSA) is 296 Å². The van der Waals surface area contributed by atoms with Crippen LogP contribution in [0.5, 0.6) is 0 Å². The van der Waals surface area contributed by atoms with Crippen LogP contribution in [0.1, 0.15) is 128 Å². The van der Waals surface area contributed by atoms with Gasteiger partial charge in [-0.15, -0.1) is 0 Å². The van der Waals surface area contributed by atoms with E-state index >= 15 is 0 Å². The van der Waals surface area contributed by atoms with E-state index in [-0.39, 0.29) is 130 Å². The van der Waals surface area contributed by atoms with E-state index < -0.39 is 87.0 Å². The molecule has 0 radical (unpaired) electrons. The third kappa shape index (κ3) is 23.6. The van der Waals surface area contributed by atoms with Crippen molar-refractivity contribution in [2.45, 2.75) is 129 Å². The number of hydrogen-bond acceptors (Lipinski definition) is 20. The van der Waals surface area contributed by atoms with Crippen LogP contribution in [0.3, 0.4) is 0 Å². The molecule has 3 aromatic heterocycles. The second-order valence-corrected chi connectivity index (χ2v) is 22.0. The minimum atomic E-state index is -1.32. The molecule has 526 valence electrons. The van der Waals surface area contributed by atoms with Gasteiger partial charge in [-0.05, 0) is 113 Å². The average Bonchev–Trinajstić information content (AvgIpc) is 0.802. The minimum absolute atomic E-state index is 0.0376. The number of nitrogen functional groups attached to an aromatic ring is 1. The summed E-state index contributed by atoms with van der Waals surface area (Å²) in [6, 6.07) is 27.5. The summed E-state index contributed by atoms with van der Waals surface area (Å²) in [5.41, 5.74) is 3.46. The van der Waals surface area contributed by atoms with Crippen molar-refractivity contribution < 1.29 is 83.9 Å². The fourth-order valence-electron chi connectivity index (χ4n) is 9.75. The van der Waals surface area contributed by atoms with Crippen LogP contribution >= 0.6 is 11.6 Å². The van der Waals surface area contributed by atoms with Gasteiger partial charge in [0.2, 0.25) is 0 Å². The van der Waals surface area contributed by atoms with Gasteiger partial charge in [-0.25, -0.2) is 41.3 Å². The predicted octanol–water partition coefficient (Wildman–Crippen LogP) is 14.2. The van der Waals surface area contributed by atoms with Crippen LogP contribution in [0.2, 0.25) is 5.15 Å². The smallest absolute Gasteiger partial charge is 0.318 e. The van der Waals surface area contributed by atoms with Crippen molar-refractivity contribution in [2.24, 2.45) is 0 Å². The molecule has 0 bridgehead atoms. The average molecular weight is 1400 g/mol. The van der Waals surface area contributed by atoms with E-state index in [9.17, 15) is 55.1 Å². The number of anilines is 5. The van der Waals surface area contributed by atoms with E-state index in [2.05, 4.69) is 40.5 Å². The lowest BCUT2D eigenvalue weighted by Crippen LogP contribution is -2.39. The summed E-state index contributed by atoms with van der Waals surface area (Å²) in [6.07, 6.45) is 9.09. The van der Waals surface area contributed by atoms with E-state index in [1.807, 2.05) is 67.6 Å². The van der Waals surface area contributed by atoms with Crippen molar-refractivity contribution in [2.75, 3.05) is 36.2 Å². The number of hydrogen-bond donors (Lipinski definition) is 4. The summed E-state index contributed by atoms with van der Waals surface area (Å²) in [5.74, 6) is -7.07. The molecule has 0 aliphatic heterocycles. The molecule has 5 N–H and O–H groups in total. The molecule has 3 unspecified atom stereocenters. The summed E-state index contributed by atoms with van der Waals surface area (Å²) in [4.78, 5) is 99.4. The molecular weight excluding hydrogens is 1320 g/mol. The molecule has 0 amide bonds. The van der Waals surface area contributed by atoms with Crippen molar-refractivity contribution in [1.82, 2.24) is 29.9 Å². The van der Waals surface area contributed by atoms with Gasteiger partial charge in [0, 0.05) is 50.0 Å². The number of nitrogens with two attached hydrogens (primary N) is 1. The fourth-order valence-corrected chi connectivity index (χ4v) is 9.90. The summed E-state index contributed by atoms with van der Waals surface area (Å²) in [5, 5.41) is 14.6. The maximum atomic E-state index is 14.1. The first-order chi connectivity index (χ1) is 47.4. The number of halogens is 7. The molecule has 0 aliphatic rings. The number of aliphatic carboxylic acids is 1. The Morgan fingerprint density at radius 3 is 1.15 bits per heavy atom. The number of esters is 5. The van der Waals surface area contributed by atoms with E-state index in [0.29, 0.717) is 12.1 Å². The molecular formula is C71H76ClF6N9O12. The van der Waals surface area contributed by atoms with Crippen LogP contribution in [0.4, 0.5) is 55.0 Å². The standard InChI is InChI=1S/C26H27F2N3O4.C20H23ClN2O4.C19H21F2N3O4.C6H5F2N/c1-3-26(25(33)34-4-2,13-12-24(32)35-17-18-8-6-5-7-9-18)22-15-29-16-23(31-22)30-21-14-19(27)10-11-20(21)28;1-3-20(19(25)26-4-2,16-12-22-13-17(21)23-16)11-10-18(24)27-14-15-8-6-5-7-9-15;1-3-19(8-7-17(25)26,18(27)28-4-2)15-10-22-11-16(24-15)23-14-9-12(20)5-6-13(14)21;7-4-1-2-5(8)6(9)3-4/h5-11,14-16H,3-4,12-13,17H2,1-2H3,(H,30,31);5-9,12-13H,3-4,10-11,14H2,1-2H3;5-6,9-11H,3-4,7-8H2,1-2H3,(H,23,24)(H,25,26);1-3H,9H2. The first-order valence-corrected chi connectivity index (χ1v) is 31.7. The lowest BCUT2D eigenvalue weighted by Gasteiger charge is -2.29. The zero-order chi connectivity index (χ0) is 72.5. The number of carbonyl (C=O) groups excluding carboxylic acids is 5. The van der Waals surface area contributed by atoms with Crippen molar-refractivity contribution >= 4 is 76.1 Å². The number of rotatable bonds is 29. The number of carbonyl (C=O) groups is 6. The maximum absolute atomic E-state index is 14.1. The molecule has 3 heterocycles. The Bertz CT molecular complexity index is 3970. The summed E-state index contributed by atoms with van der Waals surface area (Å²) in [7, 11) is 0. The highest BCUT2D eigenvalue weighted by atomic mass is 35.5. The quantitative estimate of drug-likeness (QED) is 0.0147. The zero-order valence-corrected chi connectivity index (χ0v) is 55.9. The van der Waals surface area contributed by atoms with E-state index in [1.54, 1.807) is 34.6 Å². The van der Waals surface area contributed by atoms with Crippen LogP contribution in [0.25, 0.3) is 0 Å². The highest BCUT2D eigenvalue weighted by molar-refractivity contribution is 6.29. The molecule has 0 fully saturated rings. The molecule has 0 saturated carbocycles. The Balaban J connectivity index is 0.000000253. The van der Waals surface area contributed by atoms with Crippen LogP contribution in [0.15, 0.2) is 152 Å². The largest absolute Gasteiger partial charge is 0.481 e. The molecule has 5 aromatic carbocycles. The van der Waals surface area contributed by atoms with Crippen LogP contribution in [0, 0.1) is 34.9 Å². The molecule has 0 saturated heterocycles. The van der Waals surface area contributed by atoms with E-state index in [0.717, 1.165) is 65.7 Å². The second kappa shape index (κ2) is 39.6. The minimum Gasteiger partial charge on any atom is -0.481 e. The number of aromatic nitrogens is 6. The molecule has 28 heteroatoms. The van der Waals surface area contributed by atoms with Crippen LogP contribution in [-0.2, 0) is 81.9 Å². The second-order valence-electron chi connectivity index (χ2n) is 21.6. The Labute approximate surface area is 573 Å². The predicted molar refractivity (Wildman–Crippen MR) is 355 cm³/mol. The normalized spacial score (nSPS) is 12.4. The number of ether oxygens (including phenoxy) is 5. The van der Waals surface area contributed by atoms with Gasteiger partial charge >= 0.3 is 35.8 Å². The Hall–Kier alpha value is -10.6.